The third kappa shape index (κ3) is 5.78. The average molecular weight is 460 g/mol. The van der Waals surface area contributed by atoms with Crippen molar-refractivity contribution in [2.24, 2.45) is 0 Å². The first-order valence-corrected chi connectivity index (χ1v) is 9.76. The van der Waals surface area contributed by atoms with Gasteiger partial charge in [0.1, 0.15) is 0 Å². The van der Waals surface area contributed by atoms with Crippen LogP contribution in [-0.4, -0.2) is 45.4 Å². The van der Waals surface area contributed by atoms with E-state index in [-0.39, 0.29) is 29.4 Å². The highest BCUT2D eigenvalue weighted by Crippen LogP contribution is 2.36. The molecule has 1 heterocycles. The molecule has 0 bridgehead atoms. The Morgan fingerprint density at radius 3 is 2.47 bits per heavy atom. The van der Waals surface area contributed by atoms with Gasteiger partial charge >= 0.3 is 12.8 Å². The van der Waals surface area contributed by atoms with E-state index in [0.29, 0.717) is 32.0 Å². The van der Waals surface area contributed by atoms with Crippen molar-refractivity contribution in [3.8, 4) is 11.5 Å². The number of amides is 1. The van der Waals surface area contributed by atoms with Crippen molar-refractivity contribution in [1.29, 1.82) is 0 Å². The molecule has 2 aromatic carbocycles. The van der Waals surface area contributed by atoms with Crippen LogP contribution in [0.25, 0.3) is 0 Å². The first kappa shape index (κ1) is 23.6. The zero-order valence-electron chi connectivity index (χ0n) is 17.0. The third-order valence-corrected chi connectivity index (χ3v) is 4.65. The maximum absolute atomic E-state index is 13.3. The summed E-state index contributed by atoms with van der Waals surface area (Å²) < 4.78 is 79.8. The molecule has 0 saturated carbocycles. The van der Waals surface area contributed by atoms with E-state index in [2.05, 4.69) is 10.1 Å². The number of ether oxygens (including phenoxy) is 3. The number of rotatable bonds is 7. The molecule has 0 aliphatic carbocycles. The molecule has 11 heteroatoms. The summed E-state index contributed by atoms with van der Waals surface area (Å²) in [5.74, 6) is -1.08. The number of carbonyl (C=O) groups is 1. The summed E-state index contributed by atoms with van der Waals surface area (Å²) in [6, 6.07) is 6.66. The number of nitrogens with one attached hydrogen (secondary N) is 1. The molecule has 0 aromatic heterocycles. The standard InChI is InChI=1S/C21H21F5N2O4/c1-2-31-18-11-13(3-6-17(18)32-20(22)23)19(29)27-15-12-14(21(24,25)26)4-5-16(15)28-7-9-30-10-8-28/h3-6,11-12,20H,2,7-10H2,1H3,(H,27,29). The van der Waals surface area contributed by atoms with Gasteiger partial charge in [0.25, 0.3) is 5.91 Å². The lowest BCUT2D eigenvalue weighted by molar-refractivity contribution is -0.137. The minimum absolute atomic E-state index is 0.000376. The fourth-order valence-electron chi connectivity index (χ4n) is 3.20. The molecule has 3 rings (SSSR count). The summed E-state index contributed by atoms with van der Waals surface area (Å²) in [6.45, 7) is 0.352. The van der Waals surface area contributed by atoms with Gasteiger partial charge in [-0.25, -0.2) is 0 Å². The molecule has 174 valence electrons. The van der Waals surface area contributed by atoms with Crippen LogP contribution in [0.3, 0.4) is 0 Å². The van der Waals surface area contributed by atoms with Gasteiger partial charge in [-0.2, -0.15) is 22.0 Å². The maximum Gasteiger partial charge on any atom is 0.416 e. The van der Waals surface area contributed by atoms with Gasteiger partial charge in [-0.3, -0.25) is 4.79 Å². The van der Waals surface area contributed by atoms with Crippen molar-refractivity contribution < 1.29 is 41.0 Å². The Labute approximate surface area is 180 Å². The van der Waals surface area contributed by atoms with Gasteiger partial charge in [0, 0.05) is 18.7 Å². The molecule has 0 spiro atoms. The van der Waals surface area contributed by atoms with E-state index in [1.54, 1.807) is 6.92 Å². The second kappa shape index (κ2) is 10.0. The highest BCUT2D eigenvalue weighted by molar-refractivity contribution is 6.06. The molecule has 1 amide bonds. The normalized spacial score (nSPS) is 14.4. The van der Waals surface area contributed by atoms with Crippen molar-refractivity contribution >= 4 is 17.3 Å². The van der Waals surface area contributed by atoms with Crippen molar-refractivity contribution in [3.63, 3.8) is 0 Å². The van der Waals surface area contributed by atoms with E-state index in [1.807, 2.05) is 4.90 Å². The lowest BCUT2D eigenvalue weighted by atomic mass is 10.1. The van der Waals surface area contributed by atoms with Crippen molar-refractivity contribution in [2.45, 2.75) is 19.7 Å². The summed E-state index contributed by atoms with van der Waals surface area (Å²) in [7, 11) is 0. The monoisotopic (exact) mass is 460 g/mol. The zero-order chi connectivity index (χ0) is 23.3. The number of hydrogen-bond donors (Lipinski definition) is 1. The topological polar surface area (TPSA) is 60.0 Å². The number of morpholine rings is 1. The lowest BCUT2D eigenvalue weighted by Gasteiger charge is -2.31. The van der Waals surface area contributed by atoms with Crippen LogP contribution in [0.1, 0.15) is 22.8 Å². The van der Waals surface area contributed by atoms with Crippen LogP contribution in [0.5, 0.6) is 11.5 Å². The van der Waals surface area contributed by atoms with E-state index >= 15 is 0 Å². The van der Waals surface area contributed by atoms with Gasteiger partial charge in [0.05, 0.1) is 36.8 Å². The van der Waals surface area contributed by atoms with Gasteiger partial charge in [-0.05, 0) is 43.3 Å². The predicted octanol–water partition coefficient (Wildman–Crippen LogP) is 4.79. The molecule has 1 aliphatic rings. The number of hydrogen-bond acceptors (Lipinski definition) is 5. The number of nitrogens with zero attached hydrogens (tertiary/aromatic N) is 1. The zero-order valence-corrected chi connectivity index (χ0v) is 17.0. The third-order valence-electron chi connectivity index (χ3n) is 4.65. The van der Waals surface area contributed by atoms with Crippen LogP contribution in [0.4, 0.5) is 33.3 Å². The highest BCUT2D eigenvalue weighted by Gasteiger charge is 2.32. The molecular formula is C21H21F5N2O4. The average Bonchev–Trinajstić information content (AvgIpc) is 2.74. The molecule has 0 atom stereocenters. The fraction of sp³-hybridized carbons (Fsp3) is 0.381. The second-order valence-corrected chi connectivity index (χ2v) is 6.76. The van der Waals surface area contributed by atoms with E-state index in [1.165, 1.54) is 18.2 Å². The molecule has 1 aliphatic heterocycles. The Bertz CT molecular complexity index is 946. The quantitative estimate of drug-likeness (QED) is 0.602. The molecule has 1 fully saturated rings. The van der Waals surface area contributed by atoms with E-state index in [4.69, 9.17) is 9.47 Å². The number of carbonyl (C=O) groups excluding carboxylic acids is 1. The van der Waals surface area contributed by atoms with Gasteiger partial charge in [0.2, 0.25) is 0 Å². The van der Waals surface area contributed by atoms with Crippen molar-refractivity contribution in [3.05, 3.63) is 47.5 Å². The lowest BCUT2D eigenvalue weighted by Crippen LogP contribution is -2.36. The van der Waals surface area contributed by atoms with Crippen LogP contribution in [-0.2, 0) is 10.9 Å². The van der Waals surface area contributed by atoms with Gasteiger partial charge in [-0.15, -0.1) is 0 Å². The SMILES string of the molecule is CCOc1cc(C(=O)Nc2cc(C(F)(F)F)ccc2N2CCOCC2)ccc1OC(F)F. The Balaban J connectivity index is 1.92. The molecule has 0 unspecified atom stereocenters. The maximum atomic E-state index is 13.3. The van der Waals surface area contributed by atoms with Crippen LogP contribution >= 0.6 is 0 Å². The van der Waals surface area contributed by atoms with Crippen LogP contribution in [0.2, 0.25) is 0 Å². The van der Waals surface area contributed by atoms with Gasteiger partial charge in [0.15, 0.2) is 11.5 Å². The second-order valence-electron chi connectivity index (χ2n) is 6.76. The van der Waals surface area contributed by atoms with Crippen LogP contribution in [0.15, 0.2) is 36.4 Å². The van der Waals surface area contributed by atoms with Gasteiger partial charge < -0.3 is 24.4 Å². The van der Waals surface area contributed by atoms with Crippen molar-refractivity contribution in [1.82, 2.24) is 0 Å². The summed E-state index contributed by atoms with van der Waals surface area (Å²) in [4.78, 5) is 14.6. The first-order chi connectivity index (χ1) is 15.2. The number of benzene rings is 2. The Morgan fingerprint density at radius 2 is 1.84 bits per heavy atom. The van der Waals surface area contributed by atoms with Crippen LogP contribution < -0.4 is 19.7 Å². The predicted molar refractivity (Wildman–Crippen MR) is 107 cm³/mol. The van der Waals surface area contributed by atoms with Crippen LogP contribution in [0, 0.1) is 0 Å². The summed E-state index contributed by atoms with van der Waals surface area (Å²) >= 11 is 0. The highest BCUT2D eigenvalue weighted by atomic mass is 19.4. The Hall–Kier alpha value is -3.08. The number of anilines is 2. The summed E-state index contributed by atoms with van der Waals surface area (Å²) in [6.07, 6.45) is -4.60. The minimum atomic E-state index is -4.60. The Kier molecular flexibility index (Phi) is 7.39. The molecule has 0 radical (unpaired) electrons. The molecule has 2 aromatic rings. The van der Waals surface area contributed by atoms with E-state index in [9.17, 15) is 26.7 Å². The molecule has 1 saturated heterocycles. The molecule has 32 heavy (non-hydrogen) atoms. The molecule has 6 nitrogen and oxygen atoms in total. The largest absolute Gasteiger partial charge is 0.490 e. The van der Waals surface area contributed by atoms with E-state index < -0.39 is 24.3 Å². The summed E-state index contributed by atoms with van der Waals surface area (Å²) in [5, 5.41) is 2.50. The summed E-state index contributed by atoms with van der Waals surface area (Å²) in [5.41, 5.74) is -0.532. The molecular weight excluding hydrogens is 439 g/mol. The van der Waals surface area contributed by atoms with E-state index in [0.717, 1.165) is 18.2 Å². The van der Waals surface area contributed by atoms with Gasteiger partial charge in [-0.1, -0.05) is 0 Å². The minimum Gasteiger partial charge on any atom is -0.490 e. The fourth-order valence-corrected chi connectivity index (χ4v) is 3.20. The molecule has 1 N–H and O–H groups in total. The van der Waals surface area contributed by atoms with Crippen molar-refractivity contribution in [2.75, 3.05) is 43.1 Å². The number of alkyl halides is 5. The first-order valence-electron chi connectivity index (χ1n) is 9.76. The Morgan fingerprint density at radius 1 is 1.12 bits per heavy atom. The smallest absolute Gasteiger partial charge is 0.416 e. The number of halogens is 5.